The van der Waals surface area contributed by atoms with E-state index in [4.69, 9.17) is 4.74 Å². The fourth-order valence-electron chi connectivity index (χ4n) is 2.55. The van der Waals surface area contributed by atoms with Crippen LogP contribution in [0.25, 0.3) is 0 Å². The first kappa shape index (κ1) is 12.8. The van der Waals surface area contributed by atoms with Crippen LogP contribution in [0.2, 0.25) is 0 Å². The van der Waals surface area contributed by atoms with Gasteiger partial charge in [0, 0.05) is 13.1 Å². The van der Waals surface area contributed by atoms with Crippen LogP contribution in [-0.2, 0) is 9.53 Å². The maximum Gasteiger partial charge on any atom is 0.235 e. The van der Waals surface area contributed by atoms with Crippen LogP contribution in [0.15, 0.2) is 0 Å². The summed E-state index contributed by atoms with van der Waals surface area (Å²) in [5.74, 6) is 0.0424. The minimum atomic E-state index is -0.655. The molecule has 5 heteroatoms. The number of nitrogens with zero attached hydrogens (tertiary/aromatic N) is 2. The molecule has 0 aromatic rings. The zero-order chi connectivity index (χ0) is 12.5. The lowest BCUT2D eigenvalue weighted by atomic mass is 9.84. The number of carbonyl (C=O) groups is 1. The quantitative estimate of drug-likeness (QED) is 0.728. The largest absolute Gasteiger partial charge is 0.395 e. The zero-order valence-electron chi connectivity index (χ0n) is 10.7. The third-order valence-corrected chi connectivity index (χ3v) is 4.07. The Balaban J connectivity index is 1.95. The highest BCUT2D eigenvalue weighted by atomic mass is 16.5. The minimum Gasteiger partial charge on any atom is -0.395 e. The number of aliphatic hydroxyl groups is 1. The van der Waals surface area contributed by atoms with E-state index < -0.39 is 5.41 Å². The van der Waals surface area contributed by atoms with Gasteiger partial charge >= 0.3 is 0 Å². The van der Waals surface area contributed by atoms with Gasteiger partial charge in [0.2, 0.25) is 5.91 Å². The Kier molecular flexibility index (Phi) is 3.70. The fourth-order valence-corrected chi connectivity index (χ4v) is 2.55. The highest BCUT2D eigenvalue weighted by Gasteiger charge is 2.48. The number of hydrogen-bond acceptors (Lipinski definition) is 4. The third-order valence-electron chi connectivity index (χ3n) is 4.07. The Morgan fingerprint density at radius 2 is 2.06 bits per heavy atom. The van der Waals surface area contributed by atoms with E-state index in [0.29, 0.717) is 19.3 Å². The van der Waals surface area contributed by atoms with Gasteiger partial charge < -0.3 is 19.6 Å². The molecule has 0 unspecified atom stereocenters. The molecular formula is C12H22N2O3. The van der Waals surface area contributed by atoms with Crippen molar-refractivity contribution >= 4 is 5.91 Å². The van der Waals surface area contributed by atoms with Gasteiger partial charge in [-0.25, -0.2) is 0 Å². The molecule has 5 nitrogen and oxygen atoms in total. The normalized spacial score (nSPS) is 25.4. The average molecular weight is 242 g/mol. The summed E-state index contributed by atoms with van der Waals surface area (Å²) in [6, 6.07) is 0.308. The van der Waals surface area contributed by atoms with E-state index in [0.717, 1.165) is 25.9 Å². The van der Waals surface area contributed by atoms with Gasteiger partial charge in [0.15, 0.2) is 0 Å². The van der Waals surface area contributed by atoms with E-state index in [1.165, 1.54) is 0 Å². The van der Waals surface area contributed by atoms with Crippen molar-refractivity contribution in [1.82, 2.24) is 9.80 Å². The van der Waals surface area contributed by atoms with Gasteiger partial charge in [-0.1, -0.05) is 0 Å². The molecule has 2 heterocycles. The predicted octanol–water partition coefficient (Wildman–Crippen LogP) is -0.452. The summed E-state index contributed by atoms with van der Waals surface area (Å²) in [5, 5.41) is 9.36. The standard InChI is InChI=1S/C12H22N2O3/c1-13-5-3-10(4-6-13)14(2)11(16)12(7-15)8-17-9-12/h10,15H,3-9H2,1-2H3. The number of ether oxygens (including phenoxy) is 1. The first-order valence-corrected chi connectivity index (χ1v) is 6.23. The summed E-state index contributed by atoms with van der Waals surface area (Å²) >= 11 is 0. The average Bonchev–Trinajstić information content (AvgIpc) is 2.28. The van der Waals surface area contributed by atoms with Crippen LogP contribution in [-0.4, -0.2) is 73.9 Å². The molecule has 1 amide bonds. The SMILES string of the molecule is CN1CCC(N(C)C(=O)C2(CO)COC2)CC1. The molecule has 0 atom stereocenters. The number of piperidine rings is 1. The molecule has 0 aromatic carbocycles. The molecule has 2 aliphatic heterocycles. The third kappa shape index (κ3) is 2.32. The van der Waals surface area contributed by atoms with Crippen LogP contribution in [0, 0.1) is 5.41 Å². The summed E-state index contributed by atoms with van der Waals surface area (Å²) in [6.07, 6.45) is 2.03. The van der Waals surface area contributed by atoms with Gasteiger partial charge in [0.25, 0.3) is 0 Å². The molecule has 2 rings (SSSR count). The smallest absolute Gasteiger partial charge is 0.235 e. The second-order valence-electron chi connectivity index (χ2n) is 5.38. The number of rotatable bonds is 3. The van der Waals surface area contributed by atoms with Gasteiger partial charge in [-0.3, -0.25) is 4.79 Å². The molecule has 2 saturated heterocycles. The molecule has 0 bridgehead atoms. The van der Waals surface area contributed by atoms with E-state index in [-0.39, 0.29) is 12.5 Å². The van der Waals surface area contributed by atoms with E-state index in [9.17, 15) is 9.90 Å². The second-order valence-corrected chi connectivity index (χ2v) is 5.38. The first-order valence-electron chi connectivity index (χ1n) is 6.23. The number of aliphatic hydroxyl groups excluding tert-OH is 1. The van der Waals surface area contributed by atoms with Crippen molar-refractivity contribution in [2.24, 2.45) is 5.41 Å². The lowest BCUT2D eigenvalue weighted by Gasteiger charge is -2.44. The van der Waals surface area contributed by atoms with Crippen LogP contribution in [0.5, 0.6) is 0 Å². The Morgan fingerprint density at radius 1 is 1.47 bits per heavy atom. The number of hydrogen-bond donors (Lipinski definition) is 1. The molecule has 0 spiro atoms. The van der Waals surface area contributed by atoms with Gasteiger partial charge in [-0.2, -0.15) is 0 Å². The summed E-state index contributed by atoms with van der Waals surface area (Å²) in [7, 11) is 3.96. The van der Waals surface area contributed by atoms with Gasteiger partial charge in [-0.15, -0.1) is 0 Å². The monoisotopic (exact) mass is 242 g/mol. The Bertz CT molecular complexity index is 278. The lowest BCUT2D eigenvalue weighted by Crippen LogP contribution is -2.59. The van der Waals surface area contributed by atoms with Crippen molar-refractivity contribution in [2.75, 3.05) is 47.0 Å². The molecule has 2 fully saturated rings. The summed E-state index contributed by atoms with van der Waals surface area (Å²) < 4.78 is 5.09. The Hall–Kier alpha value is -0.650. The van der Waals surface area contributed by atoms with Crippen molar-refractivity contribution in [3.05, 3.63) is 0 Å². The van der Waals surface area contributed by atoms with Gasteiger partial charge in [0.1, 0.15) is 5.41 Å². The van der Waals surface area contributed by atoms with Gasteiger partial charge in [-0.05, 0) is 33.0 Å². The molecule has 0 aromatic heterocycles. The summed E-state index contributed by atoms with van der Waals surface area (Å²) in [4.78, 5) is 16.4. The highest BCUT2D eigenvalue weighted by molar-refractivity contribution is 5.84. The summed E-state index contributed by atoms with van der Waals surface area (Å²) in [6.45, 7) is 2.68. The van der Waals surface area contributed by atoms with Crippen molar-refractivity contribution in [3.8, 4) is 0 Å². The zero-order valence-corrected chi connectivity index (χ0v) is 10.7. The molecule has 0 saturated carbocycles. The molecular weight excluding hydrogens is 220 g/mol. The second kappa shape index (κ2) is 4.92. The minimum absolute atomic E-state index is 0.0424. The van der Waals surface area contributed by atoms with Crippen molar-refractivity contribution in [1.29, 1.82) is 0 Å². The van der Waals surface area contributed by atoms with Crippen LogP contribution >= 0.6 is 0 Å². The molecule has 17 heavy (non-hydrogen) atoms. The van der Waals surface area contributed by atoms with Crippen molar-refractivity contribution < 1.29 is 14.6 Å². The maximum atomic E-state index is 12.3. The molecule has 1 N–H and O–H groups in total. The van der Waals surface area contributed by atoms with Crippen molar-refractivity contribution in [3.63, 3.8) is 0 Å². The Labute approximate surface area is 102 Å². The molecule has 0 aliphatic carbocycles. The topological polar surface area (TPSA) is 53.0 Å². The van der Waals surface area contributed by atoms with Gasteiger partial charge in [0.05, 0.1) is 19.8 Å². The number of carbonyl (C=O) groups excluding carboxylic acids is 1. The summed E-state index contributed by atoms with van der Waals surface area (Å²) in [5.41, 5.74) is -0.655. The predicted molar refractivity (Wildman–Crippen MR) is 63.6 cm³/mol. The van der Waals surface area contributed by atoms with E-state index in [1.807, 2.05) is 11.9 Å². The lowest BCUT2D eigenvalue weighted by molar-refractivity contribution is -0.181. The van der Waals surface area contributed by atoms with E-state index >= 15 is 0 Å². The maximum absolute atomic E-state index is 12.3. The Morgan fingerprint density at radius 3 is 2.47 bits per heavy atom. The highest BCUT2D eigenvalue weighted by Crippen LogP contribution is 2.30. The van der Waals surface area contributed by atoms with Crippen LogP contribution in [0.4, 0.5) is 0 Å². The van der Waals surface area contributed by atoms with E-state index in [2.05, 4.69) is 11.9 Å². The molecule has 98 valence electrons. The van der Waals surface area contributed by atoms with Crippen molar-refractivity contribution in [2.45, 2.75) is 18.9 Å². The fraction of sp³-hybridized carbons (Fsp3) is 0.917. The van der Waals surface area contributed by atoms with E-state index in [1.54, 1.807) is 0 Å². The first-order chi connectivity index (χ1) is 8.09. The van der Waals surface area contributed by atoms with Crippen LogP contribution < -0.4 is 0 Å². The molecule has 0 radical (unpaired) electrons. The number of likely N-dealkylation sites (tertiary alicyclic amines) is 1. The van der Waals surface area contributed by atoms with Crippen LogP contribution in [0.1, 0.15) is 12.8 Å². The van der Waals surface area contributed by atoms with Crippen LogP contribution in [0.3, 0.4) is 0 Å². The molecule has 2 aliphatic rings. The number of amides is 1.